The van der Waals surface area contributed by atoms with E-state index in [1.54, 1.807) is 36.4 Å². The zero-order valence-corrected chi connectivity index (χ0v) is 18.4. The van der Waals surface area contributed by atoms with Crippen LogP contribution in [0.2, 0.25) is 10.0 Å². The van der Waals surface area contributed by atoms with Gasteiger partial charge in [0.2, 0.25) is 6.79 Å². The standard InChI is InChI=1S/C21H16Cl2N2O5S/c1-12-3-2-4-14(7-12)25-31(27,28)20-9-15(16(22)10-17(20)23)21(26)24-13-5-6-18-19(8-13)30-11-29-18/h2-10,25H,11H2,1H3,(H,24,26). The Kier molecular flexibility index (Phi) is 5.70. The Hall–Kier alpha value is -2.94. The molecule has 0 fully saturated rings. The molecule has 10 heteroatoms. The maximum Gasteiger partial charge on any atom is 0.263 e. The molecule has 31 heavy (non-hydrogen) atoms. The molecule has 0 bridgehead atoms. The van der Waals surface area contributed by atoms with Crippen molar-refractivity contribution in [1.29, 1.82) is 0 Å². The van der Waals surface area contributed by atoms with Crippen molar-refractivity contribution >= 4 is 50.5 Å². The number of nitrogens with one attached hydrogen (secondary N) is 2. The average Bonchev–Trinajstić information content (AvgIpc) is 3.15. The van der Waals surface area contributed by atoms with Crippen LogP contribution in [0.5, 0.6) is 11.5 Å². The molecule has 1 aliphatic rings. The zero-order chi connectivity index (χ0) is 22.2. The van der Waals surface area contributed by atoms with Crippen LogP contribution in [-0.2, 0) is 10.0 Å². The molecule has 1 heterocycles. The summed E-state index contributed by atoms with van der Waals surface area (Å²) in [4.78, 5) is 12.5. The quantitative estimate of drug-likeness (QED) is 0.532. The van der Waals surface area contributed by atoms with Crippen molar-refractivity contribution in [2.45, 2.75) is 11.8 Å². The Morgan fingerprint density at radius 2 is 1.71 bits per heavy atom. The van der Waals surface area contributed by atoms with E-state index in [0.29, 0.717) is 22.9 Å². The van der Waals surface area contributed by atoms with Gasteiger partial charge in [-0.3, -0.25) is 9.52 Å². The van der Waals surface area contributed by atoms with E-state index in [1.807, 2.05) is 13.0 Å². The van der Waals surface area contributed by atoms with Gasteiger partial charge in [-0.05, 0) is 48.9 Å². The lowest BCUT2D eigenvalue weighted by atomic mass is 10.2. The molecule has 0 unspecified atom stereocenters. The highest BCUT2D eigenvalue weighted by Crippen LogP contribution is 2.35. The van der Waals surface area contributed by atoms with Gasteiger partial charge in [0, 0.05) is 17.4 Å². The minimum Gasteiger partial charge on any atom is -0.454 e. The maximum atomic E-state index is 12.9. The van der Waals surface area contributed by atoms with Gasteiger partial charge in [-0.2, -0.15) is 0 Å². The van der Waals surface area contributed by atoms with E-state index in [-0.39, 0.29) is 27.3 Å². The van der Waals surface area contributed by atoms with Gasteiger partial charge in [-0.1, -0.05) is 35.3 Å². The smallest absolute Gasteiger partial charge is 0.263 e. The summed E-state index contributed by atoms with van der Waals surface area (Å²) in [6.45, 7) is 1.94. The molecule has 2 N–H and O–H groups in total. The Labute approximate surface area is 188 Å². The fraction of sp³-hybridized carbons (Fsp3) is 0.0952. The lowest BCUT2D eigenvalue weighted by molar-refractivity contribution is 0.102. The fourth-order valence-electron chi connectivity index (χ4n) is 3.00. The molecule has 0 spiro atoms. The number of anilines is 2. The number of halogens is 2. The van der Waals surface area contributed by atoms with Crippen molar-refractivity contribution in [3.8, 4) is 11.5 Å². The molecule has 3 aromatic carbocycles. The van der Waals surface area contributed by atoms with Gasteiger partial charge >= 0.3 is 0 Å². The number of benzene rings is 3. The van der Waals surface area contributed by atoms with Crippen molar-refractivity contribution in [2.24, 2.45) is 0 Å². The van der Waals surface area contributed by atoms with Gasteiger partial charge in [-0.25, -0.2) is 8.42 Å². The minimum atomic E-state index is -4.07. The number of aryl methyl sites for hydroxylation is 1. The third-order valence-electron chi connectivity index (χ3n) is 4.46. The molecular weight excluding hydrogens is 463 g/mol. The molecule has 0 aromatic heterocycles. The first-order valence-corrected chi connectivity index (χ1v) is 11.3. The third kappa shape index (κ3) is 4.56. The van der Waals surface area contributed by atoms with E-state index in [1.165, 1.54) is 6.07 Å². The summed E-state index contributed by atoms with van der Waals surface area (Å²) >= 11 is 12.3. The lowest BCUT2D eigenvalue weighted by Gasteiger charge is -2.13. The molecule has 1 amide bonds. The van der Waals surface area contributed by atoms with Crippen LogP contribution < -0.4 is 19.5 Å². The summed E-state index contributed by atoms with van der Waals surface area (Å²) in [5, 5.41) is 2.57. The van der Waals surface area contributed by atoms with Crippen molar-refractivity contribution < 1.29 is 22.7 Å². The van der Waals surface area contributed by atoms with Crippen molar-refractivity contribution in [3.05, 3.63) is 75.8 Å². The fourth-order valence-corrected chi connectivity index (χ4v) is 4.91. The van der Waals surface area contributed by atoms with Crippen LogP contribution >= 0.6 is 23.2 Å². The molecular formula is C21H16Cl2N2O5S. The third-order valence-corrected chi connectivity index (χ3v) is 6.62. The second-order valence-electron chi connectivity index (χ2n) is 6.76. The predicted molar refractivity (Wildman–Crippen MR) is 119 cm³/mol. The van der Waals surface area contributed by atoms with E-state index < -0.39 is 15.9 Å². The minimum absolute atomic E-state index is 0.0118. The van der Waals surface area contributed by atoms with E-state index in [4.69, 9.17) is 32.7 Å². The van der Waals surface area contributed by atoms with Gasteiger partial charge in [0.15, 0.2) is 11.5 Å². The number of ether oxygens (including phenoxy) is 2. The Morgan fingerprint density at radius 3 is 2.48 bits per heavy atom. The van der Waals surface area contributed by atoms with Gasteiger partial charge in [0.1, 0.15) is 4.90 Å². The number of carbonyl (C=O) groups excluding carboxylic acids is 1. The number of sulfonamides is 1. The molecule has 4 rings (SSSR count). The molecule has 0 saturated carbocycles. The number of fused-ring (bicyclic) bond motifs is 1. The number of hydrogen-bond donors (Lipinski definition) is 2. The van der Waals surface area contributed by atoms with E-state index in [0.717, 1.165) is 11.6 Å². The van der Waals surface area contributed by atoms with Crippen molar-refractivity contribution in [2.75, 3.05) is 16.8 Å². The summed E-state index contributed by atoms with van der Waals surface area (Å²) in [6.07, 6.45) is 0. The highest BCUT2D eigenvalue weighted by atomic mass is 35.5. The first-order valence-electron chi connectivity index (χ1n) is 9.02. The van der Waals surface area contributed by atoms with Gasteiger partial charge in [0.05, 0.1) is 15.6 Å². The molecule has 7 nitrogen and oxygen atoms in total. The Bertz CT molecular complexity index is 1290. The highest BCUT2D eigenvalue weighted by Gasteiger charge is 2.23. The van der Waals surface area contributed by atoms with Gasteiger partial charge in [0.25, 0.3) is 15.9 Å². The molecule has 160 valence electrons. The molecule has 0 atom stereocenters. The lowest BCUT2D eigenvalue weighted by Crippen LogP contribution is -2.17. The number of amides is 1. The highest BCUT2D eigenvalue weighted by molar-refractivity contribution is 7.92. The van der Waals surface area contributed by atoms with Crippen LogP contribution in [0.1, 0.15) is 15.9 Å². The first-order chi connectivity index (χ1) is 14.7. The predicted octanol–water partition coefficient (Wildman–Crippen LogP) is 5.08. The Balaban J connectivity index is 1.63. The van der Waals surface area contributed by atoms with Gasteiger partial charge < -0.3 is 14.8 Å². The SMILES string of the molecule is Cc1cccc(NS(=O)(=O)c2cc(C(=O)Nc3ccc4c(c3)OCO4)c(Cl)cc2Cl)c1. The molecule has 0 radical (unpaired) electrons. The number of carbonyl (C=O) groups is 1. The average molecular weight is 479 g/mol. The monoisotopic (exact) mass is 478 g/mol. The summed E-state index contributed by atoms with van der Waals surface area (Å²) in [5.74, 6) is 0.455. The van der Waals surface area contributed by atoms with E-state index in [2.05, 4.69) is 10.0 Å². The summed E-state index contributed by atoms with van der Waals surface area (Å²) in [6, 6.07) is 14.1. The molecule has 1 aliphatic heterocycles. The summed E-state index contributed by atoms with van der Waals surface area (Å²) in [5.41, 5.74) is 1.64. The molecule has 0 aliphatic carbocycles. The second-order valence-corrected chi connectivity index (χ2v) is 9.22. The molecule has 0 saturated heterocycles. The van der Waals surface area contributed by atoms with Crippen LogP contribution in [0.3, 0.4) is 0 Å². The largest absolute Gasteiger partial charge is 0.454 e. The number of hydrogen-bond acceptors (Lipinski definition) is 5. The summed E-state index contributed by atoms with van der Waals surface area (Å²) < 4.78 is 38.8. The first kappa shape index (κ1) is 21.3. The molecule has 3 aromatic rings. The zero-order valence-electron chi connectivity index (χ0n) is 16.1. The normalized spacial score (nSPS) is 12.5. The van der Waals surface area contributed by atoms with E-state index in [9.17, 15) is 13.2 Å². The second kappa shape index (κ2) is 8.30. The van der Waals surface area contributed by atoms with Crippen LogP contribution in [0.4, 0.5) is 11.4 Å². The van der Waals surface area contributed by atoms with Crippen LogP contribution in [0, 0.1) is 6.92 Å². The van der Waals surface area contributed by atoms with Crippen molar-refractivity contribution in [1.82, 2.24) is 0 Å². The number of rotatable bonds is 5. The topological polar surface area (TPSA) is 93.7 Å². The van der Waals surface area contributed by atoms with Crippen LogP contribution in [0.15, 0.2) is 59.5 Å². The van der Waals surface area contributed by atoms with Crippen molar-refractivity contribution in [3.63, 3.8) is 0 Å². The van der Waals surface area contributed by atoms with Crippen LogP contribution in [0.25, 0.3) is 0 Å². The maximum absolute atomic E-state index is 12.9. The summed E-state index contributed by atoms with van der Waals surface area (Å²) in [7, 11) is -4.07. The Morgan fingerprint density at radius 1 is 0.935 bits per heavy atom. The van der Waals surface area contributed by atoms with Crippen LogP contribution in [-0.4, -0.2) is 21.1 Å². The van der Waals surface area contributed by atoms with E-state index >= 15 is 0 Å². The van der Waals surface area contributed by atoms with Gasteiger partial charge in [-0.15, -0.1) is 0 Å².